The van der Waals surface area contributed by atoms with E-state index in [1.165, 1.54) is 18.2 Å². The Kier molecular flexibility index (Phi) is 5.44. The normalized spacial score (nSPS) is 18.7. The number of hydrogen-bond acceptors (Lipinski definition) is 7. The maximum atomic E-state index is 14.1. The molecule has 0 spiro atoms. The van der Waals surface area contributed by atoms with Crippen molar-refractivity contribution < 1.29 is 17.6 Å². The molecule has 0 unspecified atom stereocenters. The molecule has 1 saturated heterocycles. The van der Waals surface area contributed by atoms with Gasteiger partial charge in [-0.05, 0) is 44.4 Å². The maximum Gasteiger partial charge on any atom is 0.281 e. The van der Waals surface area contributed by atoms with E-state index in [1.54, 1.807) is 0 Å². The predicted molar refractivity (Wildman–Crippen MR) is 108 cm³/mol. The van der Waals surface area contributed by atoms with Gasteiger partial charge in [0.05, 0.1) is 5.56 Å². The summed E-state index contributed by atoms with van der Waals surface area (Å²) in [5, 5.41) is -0.822. The molecule has 2 aromatic heterocycles. The fourth-order valence-electron chi connectivity index (χ4n) is 3.60. The lowest BCUT2D eigenvalue weighted by atomic mass is 9.97. The number of halogens is 2. The number of sulfonamides is 1. The van der Waals surface area contributed by atoms with Crippen LogP contribution in [0.25, 0.3) is 0 Å². The number of rotatable bonds is 4. The van der Waals surface area contributed by atoms with Crippen LogP contribution in [0.5, 0.6) is 0 Å². The fourth-order valence-corrected chi connectivity index (χ4v) is 4.68. The van der Waals surface area contributed by atoms with Crippen LogP contribution in [0.2, 0.25) is 5.15 Å². The molecule has 3 N–H and O–H groups in total. The van der Waals surface area contributed by atoms with Crippen molar-refractivity contribution in [3.63, 3.8) is 0 Å². The van der Waals surface area contributed by atoms with Crippen molar-refractivity contribution in [1.29, 1.82) is 0 Å². The first kappa shape index (κ1) is 21.3. The number of nitrogens with two attached hydrogens (primary N) is 1. The fraction of sp³-hybridized carbons (Fsp3) is 0.389. The molecule has 1 aliphatic rings. The Morgan fingerprint density at radius 1 is 1.38 bits per heavy atom. The Hall–Kier alpha value is -2.46. The average molecular weight is 442 g/mol. The molecule has 0 saturated carbocycles. The third kappa shape index (κ3) is 4.27. The van der Waals surface area contributed by atoms with E-state index in [1.807, 2.05) is 30.4 Å². The molecular formula is C18H21ClFN5O3S. The first-order valence-corrected chi connectivity index (χ1v) is 10.7. The van der Waals surface area contributed by atoms with Crippen LogP contribution in [-0.4, -0.2) is 36.4 Å². The second kappa shape index (κ2) is 7.42. The number of pyridine rings is 2. The highest BCUT2D eigenvalue weighted by atomic mass is 35.5. The van der Waals surface area contributed by atoms with Gasteiger partial charge < -0.3 is 10.6 Å². The van der Waals surface area contributed by atoms with E-state index in [2.05, 4.69) is 9.97 Å². The lowest BCUT2D eigenvalue weighted by molar-refractivity contribution is 0.0981. The van der Waals surface area contributed by atoms with Crippen molar-refractivity contribution in [3.8, 4) is 0 Å². The van der Waals surface area contributed by atoms with E-state index in [0.717, 1.165) is 12.5 Å². The van der Waals surface area contributed by atoms with Gasteiger partial charge in [0.15, 0.2) is 16.0 Å². The average Bonchev–Trinajstić information content (AvgIpc) is 2.88. The smallest absolute Gasteiger partial charge is 0.281 e. The topological polar surface area (TPSA) is 118 Å². The van der Waals surface area contributed by atoms with Crippen LogP contribution < -0.4 is 15.4 Å². The molecule has 3 rings (SSSR count). The van der Waals surface area contributed by atoms with Gasteiger partial charge in [-0.15, -0.1) is 0 Å². The number of nitrogens with zero attached hydrogens (tertiary/aromatic N) is 3. The largest absolute Gasteiger partial charge is 0.384 e. The minimum Gasteiger partial charge on any atom is -0.384 e. The summed E-state index contributed by atoms with van der Waals surface area (Å²) in [7, 11) is -4.33. The van der Waals surface area contributed by atoms with Gasteiger partial charge in [0.2, 0.25) is 0 Å². The second-order valence-electron chi connectivity index (χ2n) is 7.70. The molecule has 0 radical (unpaired) electrons. The Morgan fingerprint density at radius 3 is 2.66 bits per heavy atom. The van der Waals surface area contributed by atoms with Crippen molar-refractivity contribution in [3.05, 3.63) is 40.8 Å². The van der Waals surface area contributed by atoms with Crippen molar-refractivity contribution >= 4 is 39.2 Å². The van der Waals surface area contributed by atoms with Crippen LogP contribution in [0.3, 0.4) is 0 Å². The lowest BCUT2D eigenvalue weighted by Gasteiger charge is -2.33. The Labute approximate surface area is 173 Å². The summed E-state index contributed by atoms with van der Waals surface area (Å²) in [6.07, 6.45) is 0.816. The van der Waals surface area contributed by atoms with Crippen LogP contribution in [0.4, 0.5) is 16.0 Å². The number of carbonyl (C=O) groups excluding carboxylic acids is 1. The van der Waals surface area contributed by atoms with E-state index < -0.39 is 31.9 Å². The monoisotopic (exact) mass is 441 g/mol. The van der Waals surface area contributed by atoms with Gasteiger partial charge in [-0.2, -0.15) is 8.42 Å². The van der Waals surface area contributed by atoms with E-state index in [-0.39, 0.29) is 22.7 Å². The van der Waals surface area contributed by atoms with E-state index in [0.29, 0.717) is 12.5 Å². The highest BCUT2D eigenvalue weighted by Gasteiger charge is 2.39. The van der Waals surface area contributed by atoms with Crippen LogP contribution in [0, 0.1) is 11.7 Å². The van der Waals surface area contributed by atoms with Crippen molar-refractivity contribution in [1.82, 2.24) is 14.7 Å². The van der Waals surface area contributed by atoms with Gasteiger partial charge in [0, 0.05) is 12.1 Å². The summed E-state index contributed by atoms with van der Waals surface area (Å²) < 4.78 is 41.1. The summed E-state index contributed by atoms with van der Waals surface area (Å²) in [5.41, 5.74) is 4.90. The third-order valence-corrected chi connectivity index (χ3v) is 6.23. The molecule has 156 valence electrons. The highest BCUT2D eigenvalue weighted by Crippen LogP contribution is 2.38. The zero-order chi connectivity index (χ0) is 21.6. The van der Waals surface area contributed by atoms with Gasteiger partial charge in [-0.3, -0.25) is 4.79 Å². The van der Waals surface area contributed by atoms with Gasteiger partial charge in [0.1, 0.15) is 11.6 Å². The van der Waals surface area contributed by atoms with Crippen LogP contribution in [0.15, 0.2) is 29.3 Å². The zero-order valence-electron chi connectivity index (χ0n) is 16.1. The Morgan fingerprint density at radius 2 is 2.07 bits per heavy atom. The first-order valence-electron chi connectivity index (χ1n) is 8.84. The molecule has 1 aliphatic heterocycles. The standard InChI is InChI=1S/C18H21ClFN5O3S/c1-10-8-18(2,3)25(9-10)16-11(7-12(20)15(19)23-16)17(26)24-29(27,28)14-6-4-5-13(21)22-14/h4-7,10H,8-9H2,1-3H3,(H2,21,22)(H,24,26)/t10-/m0/s1. The highest BCUT2D eigenvalue weighted by molar-refractivity contribution is 7.90. The lowest BCUT2D eigenvalue weighted by Crippen LogP contribution is -2.41. The molecule has 1 atom stereocenters. The van der Waals surface area contributed by atoms with Crippen molar-refractivity contribution in [2.45, 2.75) is 37.8 Å². The maximum absolute atomic E-state index is 14.1. The number of nitrogen functional groups attached to an aromatic ring is 1. The summed E-state index contributed by atoms with van der Waals surface area (Å²) in [6.45, 7) is 6.53. The number of anilines is 2. The van der Waals surface area contributed by atoms with Gasteiger partial charge in [-0.1, -0.05) is 24.6 Å². The molecule has 1 amide bonds. The minimum absolute atomic E-state index is 0.0204. The van der Waals surface area contributed by atoms with E-state index in [4.69, 9.17) is 17.3 Å². The molecule has 2 aromatic rings. The summed E-state index contributed by atoms with van der Waals surface area (Å²) in [6, 6.07) is 4.89. The van der Waals surface area contributed by atoms with Crippen LogP contribution in [0.1, 0.15) is 37.6 Å². The van der Waals surface area contributed by atoms with Gasteiger partial charge >= 0.3 is 0 Å². The quantitative estimate of drug-likeness (QED) is 0.700. The molecule has 0 bridgehead atoms. The number of amides is 1. The summed E-state index contributed by atoms with van der Waals surface area (Å²) in [4.78, 5) is 22.4. The molecule has 1 fully saturated rings. The molecule has 0 aliphatic carbocycles. The Bertz CT molecular complexity index is 1080. The van der Waals surface area contributed by atoms with Crippen LogP contribution in [-0.2, 0) is 10.0 Å². The molecular weight excluding hydrogens is 421 g/mol. The number of aromatic nitrogens is 2. The zero-order valence-corrected chi connectivity index (χ0v) is 17.7. The Balaban J connectivity index is 2.02. The summed E-state index contributed by atoms with van der Waals surface area (Å²) in [5.74, 6) is -1.56. The van der Waals surface area contributed by atoms with E-state index in [9.17, 15) is 17.6 Å². The second-order valence-corrected chi connectivity index (χ2v) is 9.69. The molecule has 8 nitrogen and oxygen atoms in total. The van der Waals surface area contributed by atoms with Gasteiger partial charge in [-0.25, -0.2) is 19.1 Å². The number of nitrogens with one attached hydrogen (secondary N) is 1. The number of carbonyl (C=O) groups is 1. The van der Waals surface area contributed by atoms with E-state index >= 15 is 0 Å². The summed E-state index contributed by atoms with van der Waals surface area (Å²) >= 11 is 5.86. The van der Waals surface area contributed by atoms with Gasteiger partial charge in [0.25, 0.3) is 15.9 Å². The predicted octanol–water partition coefficient (Wildman–Crippen LogP) is 2.59. The molecule has 11 heteroatoms. The third-order valence-electron chi connectivity index (χ3n) is 4.73. The SMILES string of the molecule is C[C@@H]1CN(c2nc(Cl)c(F)cc2C(=O)NS(=O)(=O)c2cccc(N)n2)C(C)(C)C1. The molecule has 3 heterocycles. The van der Waals surface area contributed by atoms with Crippen molar-refractivity contribution in [2.75, 3.05) is 17.2 Å². The number of hydrogen-bond donors (Lipinski definition) is 2. The van der Waals surface area contributed by atoms with Crippen molar-refractivity contribution in [2.24, 2.45) is 5.92 Å². The van der Waals surface area contributed by atoms with Crippen LogP contribution >= 0.6 is 11.6 Å². The molecule has 0 aromatic carbocycles. The first-order chi connectivity index (χ1) is 13.4. The minimum atomic E-state index is -4.33. The molecule has 29 heavy (non-hydrogen) atoms.